The van der Waals surface area contributed by atoms with E-state index in [4.69, 9.17) is 21.1 Å². The van der Waals surface area contributed by atoms with Gasteiger partial charge in [-0.15, -0.1) is 0 Å². The SMILES string of the molecule is Cc1cc2cc(CN(Cc3ccc4c(c3)OCO4)C(=O)Nc3cccc(Cl)c3)c(=O)[nH]c2cc1C. The Morgan fingerprint density at radius 2 is 1.80 bits per heavy atom. The molecule has 8 heteroatoms. The van der Waals surface area contributed by atoms with Crippen LogP contribution in [0.15, 0.2) is 65.5 Å². The Hall–Kier alpha value is -3.97. The Kier molecular flexibility index (Phi) is 6.09. The van der Waals surface area contributed by atoms with E-state index in [0.29, 0.717) is 27.8 Å². The lowest BCUT2D eigenvalue weighted by molar-refractivity contribution is 0.174. The van der Waals surface area contributed by atoms with E-state index in [1.165, 1.54) is 0 Å². The van der Waals surface area contributed by atoms with Crippen molar-refractivity contribution in [2.24, 2.45) is 0 Å². The fourth-order valence-corrected chi connectivity index (χ4v) is 4.26. The number of aryl methyl sites for hydroxylation is 2. The summed E-state index contributed by atoms with van der Waals surface area (Å²) < 4.78 is 10.9. The van der Waals surface area contributed by atoms with Crippen LogP contribution in [0.5, 0.6) is 11.5 Å². The van der Waals surface area contributed by atoms with Gasteiger partial charge in [0.05, 0.1) is 6.54 Å². The van der Waals surface area contributed by atoms with Gasteiger partial charge in [0.2, 0.25) is 6.79 Å². The van der Waals surface area contributed by atoms with Gasteiger partial charge in [0, 0.05) is 28.3 Å². The summed E-state index contributed by atoms with van der Waals surface area (Å²) in [7, 11) is 0. The standard InChI is InChI=1S/C27H24ClN3O4/c1-16-8-19-11-20(26(32)30-23(19)9-17(16)2)14-31(27(33)29-22-5-3-4-21(28)12-22)13-18-6-7-24-25(10-18)35-15-34-24/h3-12H,13-15H2,1-2H3,(H,29,33)(H,30,32). The molecule has 0 saturated heterocycles. The van der Waals surface area contributed by atoms with Gasteiger partial charge in [0.1, 0.15) is 0 Å². The average molecular weight is 490 g/mol. The third-order valence-corrected chi connectivity index (χ3v) is 6.31. The van der Waals surface area contributed by atoms with Gasteiger partial charge in [0.25, 0.3) is 5.56 Å². The molecule has 0 spiro atoms. The molecule has 0 bridgehead atoms. The highest BCUT2D eigenvalue weighted by Crippen LogP contribution is 2.33. The fourth-order valence-electron chi connectivity index (χ4n) is 4.07. The molecular formula is C27H24ClN3O4. The molecule has 1 aliphatic rings. The highest BCUT2D eigenvalue weighted by molar-refractivity contribution is 6.30. The maximum absolute atomic E-state index is 13.3. The minimum atomic E-state index is -0.357. The number of nitrogens with one attached hydrogen (secondary N) is 2. The first-order valence-electron chi connectivity index (χ1n) is 11.2. The van der Waals surface area contributed by atoms with Crippen LogP contribution in [-0.4, -0.2) is 22.7 Å². The predicted molar refractivity (Wildman–Crippen MR) is 136 cm³/mol. The number of benzene rings is 3. The molecule has 3 aromatic carbocycles. The van der Waals surface area contributed by atoms with Gasteiger partial charge in [-0.2, -0.15) is 0 Å². The molecule has 0 saturated carbocycles. The van der Waals surface area contributed by atoms with Crippen LogP contribution in [0, 0.1) is 13.8 Å². The molecule has 2 heterocycles. The van der Waals surface area contributed by atoms with Gasteiger partial charge in [-0.1, -0.05) is 23.7 Å². The number of urea groups is 1. The molecule has 0 radical (unpaired) electrons. The number of anilines is 1. The normalized spacial score (nSPS) is 12.1. The van der Waals surface area contributed by atoms with Crippen LogP contribution in [0.3, 0.4) is 0 Å². The third-order valence-electron chi connectivity index (χ3n) is 6.07. The largest absolute Gasteiger partial charge is 0.454 e. The zero-order chi connectivity index (χ0) is 24.5. The minimum absolute atomic E-state index is 0.110. The van der Waals surface area contributed by atoms with E-state index in [0.717, 1.165) is 27.6 Å². The second kappa shape index (κ2) is 9.35. The number of carbonyl (C=O) groups is 1. The number of amides is 2. The van der Waals surface area contributed by atoms with Crippen LogP contribution < -0.4 is 20.3 Å². The number of ether oxygens (including phenoxy) is 2. The molecule has 0 fully saturated rings. The fraction of sp³-hybridized carbons (Fsp3) is 0.185. The number of pyridine rings is 1. The van der Waals surface area contributed by atoms with E-state index < -0.39 is 0 Å². The molecule has 7 nitrogen and oxygen atoms in total. The van der Waals surface area contributed by atoms with E-state index in [1.54, 1.807) is 29.2 Å². The number of hydrogen-bond acceptors (Lipinski definition) is 4. The summed E-state index contributed by atoms with van der Waals surface area (Å²) in [6, 6.07) is 18.0. The van der Waals surface area contributed by atoms with Crippen molar-refractivity contribution >= 4 is 34.2 Å². The molecule has 35 heavy (non-hydrogen) atoms. The van der Waals surface area contributed by atoms with Crippen LogP contribution >= 0.6 is 11.6 Å². The minimum Gasteiger partial charge on any atom is -0.454 e. The molecule has 0 aliphatic carbocycles. The number of rotatable bonds is 5. The van der Waals surface area contributed by atoms with E-state index in [-0.39, 0.29) is 31.5 Å². The van der Waals surface area contributed by atoms with Gasteiger partial charge in [-0.25, -0.2) is 4.79 Å². The summed E-state index contributed by atoms with van der Waals surface area (Å²) in [5, 5.41) is 4.32. The topological polar surface area (TPSA) is 83.7 Å². The number of aromatic nitrogens is 1. The molecule has 2 amide bonds. The third kappa shape index (κ3) is 4.95. The van der Waals surface area contributed by atoms with E-state index in [2.05, 4.69) is 10.3 Å². The molecule has 5 rings (SSSR count). The van der Waals surface area contributed by atoms with Crippen LogP contribution in [0.1, 0.15) is 22.3 Å². The van der Waals surface area contributed by atoms with Crippen molar-refractivity contribution in [1.82, 2.24) is 9.88 Å². The highest BCUT2D eigenvalue weighted by atomic mass is 35.5. The Morgan fingerprint density at radius 3 is 2.63 bits per heavy atom. The van der Waals surface area contributed by atoms with Crippen molar-refractivity contribution in [2.75, 3.05) is 12.1 Å². The predicted octanol–water partition coefficient (Wildman–Crippen LogP) is 5.76. The highest BCUT2D eigenvalue weighted by Gasteiger charge is 2.20. The smallest absolute Gasteiger partial charge is 0.322 e. The number of H-pyrrole nitrogens is 1. The van der Waals surface area contributed by atoms with Crippen LogP contribution in [0.25, 0.3) is 10.9 Å². The Morgan fingerprint density at radius 1 is 1.00 bits per heavy atom. The Bertz CT molecular complexity index is 1500. The number of hydrogen-bond donors (Lipinski definition) is 2. The molecule has 0 unspecified atom stereocenters. The van der Waals surface area contributed by atoms with Gasteiger partial charge in [0.15, 0.2) is 11.5 Å². The zero-order valence-corrected chi connectivity index (χ0v) is 20.1. The van der Waals surface area contributed by atoms with Gasteiger partial charge < -0.3 is 24.7 Å². The quantitative estimate of drug-likeness (QED) is 0.373. The molecule has 0 atom stereocenters. The zero-order valence-electron chi connectivity index (χ0n) is 19.4. The second-order valence-corrected chi connectivity index (χ2v) is 9.07. The maximum atomic E-state index is 13.3. The first kappa shape index (κ1) is 22.8. The van der Waals surface area contributed by atoms with Crippen molar-refractivity contribution in [3.8, 4) is 11.5 Å². The molecule has 2 N–H and O–H groups in total. The lowest BCUT2D eigenvalue weighted by Crippen LogP contribution is -2.35. The summed E-state index contributed by atoms with van der Waals surface area (Å²) in [5.74, 6) is 1.30. The average Bonchev–Trinajstić information content (AvgIpc) is 3.28. The molecule has 4 aromatic rings. The van der Waals surface area contributed by atoms with Gasteiger partial charge in [-0.05, 0) is 84.5 Å². The number of aromatic amines is 1. The van der Waals surface area contributed by atoms with Crippen molar-refractivity contribution in [1.29, 1.82) is 0 Å². The van der Waals surface area contributed by atoms with Crippen molar-refractivity contribution in [3.05, 3.63) is 98.3 Å². The van der Waals surface area contributed by atoms with Gasteiger partial charge >= 0.3 is 6.03 Å². The lowest BCUT2D eigenvalue weighted by Gasteiger charge is -2.23. The summed E-state index contributed by atoms with van der Waals surface area (Å²) >= 11 is 6.09. The number of nitrogens with zero attached hydrogens (tertiary/aromatic N) is 1. The number of fused-ring (bicyclic) bond motifs is 2. The van der Waals surface area contributed by atoms with Crippen molar-refractivity contribution < 1.29 is 14.3 Å². The van der Waals surface area contributed by atoms with Crippen LogP contribution in [0.4, 0.5) is 10.5 Å². The van der Waals surface area contributed by atoms with E-state index in [9.17, 15) is 9.59 Å². The van der Waals surface area contributed by atoms with Gasteiger partial charge in [-0.3, -0.25) is 4.79 Å². The van der Waals surface area contributed by atoms with E-state index >= 15 is 0 Å². The Balaban J connectivity index is 1.47. The first-order chi connectivity index (χ1) is 16.9. The second-order valence-electron chi connectivity index (χ2n) is 8.63. The molecular weight excluding hydrogens is 466 g/mol. The molecule has 1 aliphatic heterocycles. The molecule has 1 aromatic heterocycles. The van der Waals surface area contributed by atoms with Crippen LogP contribution in [-0.2, 0) is 13.1 Å². The Labute approximate surface area is 207 Å². The summed E-state index contributed by atoms with van der Waals surface area (Å²) in [6.45, 7) is 4.58. The number of carbonyl (C=O) groups excluding carboxylic acids is 1. The monoisotopic (exact) mass is 489 g/mol. The van der Waals surface area contributed by atoms with E-state index in [1.807, 2.05) is 50.2 Å². The van der Waals surface area contributed by atoms with Crippen LogP contribution in [0.2, 0.25) is 5.02 Å². The number of halogens is 1. The van der Waals surface area contributed by atoms with Crippen molar-refractivity contribution in [2.45, 2.75) is 26.9 Å². The van der Waals surface area contributed by atoms with Crippen molar-refractivity contribution in [3.63, 3.8) is 0 Å². The maximum Gasteiger partial charge on any atom is 0.322 e. The summed E-state index contributed by atoms with van der Waals surface area (Å²) in [5.41, 5.74) is 4.68. The molecule has 178 valence electrons. The summed E-state index contributed by atoms with van der Waals surface area (Å²) in [4.78, 5) is 30.8. The lowest BCUT2D eigenvalue weighted by atomic mass is 10.0. The first-order valence-corrected chi connectivity index (χ1v) is 11.6. The summed E-state index contributed by atoms with van der Waals surface area (Å²) in [6.07, 6.45) is 0.